The second kappa shape index (κ2) is 5.70. The average molecular weight is 375 g/mol. The van der Waals surface area contributed by atoms with E-state index in [4.69, 9.17) is 0 Å². The summed E-state index contributed by atoms with van der Waals surface area (Å²) in [6.07, 6.45) is 2.48. The van der Waals surface area contributed by atoms with Gasteiger partial charge in [-0.15, -0.1) is 0 Å². The van der Waals surface area contributed by atoms with Gasteiger partial charge in [-0.25, -0.2) is 14.3 Å². The van der Waals surface area contributed by atoms with E-state index in [0.717, 1.165) is 0 Å². The predicted octanol–water partition coefficient (Wildman–Crippen LogP) is 2.00. The summed E-state index contributed by atoms with van der Waals surface area (Å²) >= 11 is 0. The number of rotatable bonds is 2. The first-order chi connectivity index (χ1) is 13.6. The second-order valence-corrected chi connectivity index (χ2v) is 7.15. The van der Waals surface area contributed by atoms with Crippen molar-refractivity contribution < 1.29 is 9.90 Å². The van der Waals surface area contributed by atoms with Gasteiger partial charge in [0.15, 0.2) is 0 Å². The molecular formula is C20H17N5O3. The van der Waals surface area contributed by atoms with Crippen LogP contribution in [0.4, 0.5) is 0 Å². The molecule has 1 N–H and O–H groups in total. The molecule has 8 nitrogen and oxygen atoms in total. The summed E-state index contributed by atoms with van der Waals surface area (Å²) in [4.78, 5) is 31.3. The van der Waals surface area contributed by atoms with Gasteiger partial charge in [0.2, 0.25) is 11.8 Å². The number of likely N-dealkylation sites (tertiary alicyclic amines) is 1. The summed E-state index contributed by atoms with van der Waals surface area (Å²) in [6, 6.07) is 8.80. The molecule has 0 saturated carbocycles. The number of aromatic nitrogens is 3. The standard InChI is InChI=1S/C20H17N5O3/c1-2-17(26)23-10-11-7-15(23)18-19(27)25(20(28)24(11)18)16-9-22-14(8-21)12-5-3-4-6-13(12)16/h3-6,9,11,15,27H,2,7,10H2,1H3/t11-,15?/m1/s1. The summed E-state index contributed by atoms with van der Waals surface area (Å²) in [6.45, 7) is 2.29. The monoisotopic (exact) mass is 375 g/mol. The third kappa shape index (κ3) is 1.96. The lowest BCUT2D eigenvalue weighted by Crippen LogP contribution is -2.37. The lowest BCUT2D eigenvalue weighted by Gasteiger charge is -2.27. The van der Waals surface area contributed by atoms with E-state index in [9.17, 15) is 20.0 Å². The third-order valence-electron chi connectivity index (χ3n) is 5.80. The maximum absolute atomic E-state index is 13.2. The minimum Gasteiger partial charge on any atom is -0.493 e. The molecule has 8 heteroatoms. The second-order valence-electron chi connectivity index (χ2n) is 7.15. The Labute approximate surface area is 159 Å². The number of fused-ring (bicyclic) bond motifs is 6. The molecule has 2 aromatic heterocycles. The van der Waals surface area contributed by atoms with E-state index in [-0.39, 0.29) is 35.3 Å². The van der Waals surface area contributed by atoms with E-state index in [1.54, 1.807) is 34.6 Å². The van der Waals surface area contributed by atoms with E-state index in [1.807, 2.05) is 6.07 Å². The number of aromatic hydroxyl groups is 1. The molecule has 0 radical (unpaired) electrons. The fourth-order valence-electron chi connectivity index (χ4n) is 4.59. The van der Waals surface area contributed by atoms with Gasteiger partial charge in [-0.3, -0.25) is 9.36 Å². The highest BCUT2D eigenvalue weighted by molar-refractivity contribution is 5.93. The van der Waals surface area contributed by atoms with E-state index in [2.05, 4.69) is 11.1 Å². The van der Waals surface area contributed by atoms with Crippen LogP contribution in [0.2, 0.25) is 0 Å². The number of hydrogen-bond donors (Lipinski definition) is 1. The zero-order valence-electron chi connectivity index (χ0n) is 15.2. The van der Waals surface area contributed by atoms with Gasteiger partial charge in [-0.2, -0.15) is 5.26 Å². The van der Waals surface area contributed by atoms with Crippen molar-refractivity contribution in [3.63, 3.8) is 0 Å². The molecule has 140 valence electrons. The number of carbonyl (C=O) groups excluding carboxylic acids is 1. The summed E-state index contributed by atoms with van der Waals surface area (Å²) in [7, 11) is 0. The molecule has 1 aromatic carbocycles. The molecule has 1 amide bonds. The van der Waals surface area contributed by atoms with Gasteiger partial charge in [0.1, 0.15) is 17.5 Å². The lowest BCUT2D eigenvalue weighted by atomic mass is 10.1. The highest BCUT2D eigenvalue weighted by Gasteiger charge is 2.48. The van der Waals surface area contributed by atoms with Crippen molar-refractivity contribution in [2.24, 2.45) is 0 Å². The molecular weight excluding hydrogens is 358 g/mol. The zero-order valence-corrected chi connectivity index (χ0v) is 15.2. The maximum Gasteiger partial charge on any atom is 0.336 e. The Balaban J connectivity index is 1.74. The molecule has 5 rings (SSSR count). The van der Waals surface area contributed by atoms with Crippen LogP contribution in [-0.2, 0) is 4.79 Å². The van der Waals surface area contributed by atoms with Crippen LogP contribution < -0.4 is 5.69 Å². The van der Waals surface area contributed by atoms with Crippen LogP contribution in [0, 0.1) is 11.3 Å². The molecule has 1 fully saturated rings. The molecule has 3 aromatic rings. The fourth-order valence-corrected chi connectivity index (χ4v) is 4.59. The number of hydrogen-bond acceptors (Lipinski definition) is 5. The molecule has 2 atom stereocenters. The van der Waals surface area contributed by atoms with Crippen LogP contribution in [0.3, 0.4) is 0 Å². The van der Waals surface area contributed by atoms with Gasteiger partial charge in [0.25, 0.3) is 0 Å². The Morgan fingerprint density at radius 2 is 2.11 bits per heavy atom. The molecule has 1 unspecified atom stereocenters. The van der Waals surface area contributed by atoms with E-state index < -0.39 is 0 Å². The van der Waals surface area contributed by atoms with Crippen LogP contribution in [0.5, 0.6) is 5.88 Å². The normalized spacial score (nSPS) is 19.8. The third-order valence-corrected chi connectivity index (χ3v) is 5.80. The molecule has 28 heavy (non-hydrogen) atoms. The number of imidazole rings is 1. The summed E-state index contributed by atoms with van der Waals surface area (Å²) < 4.78 is 2.84. The highest BCUT2D eigenvalue weighted by Crippen LogP contribution is 2.48. The summed E-state index contributed by atoms with van der Waals surface area (Å²) in [5.41, 5.74) is 0.821. The molecule has 2 aliphatic rings. The van der Waals surface area contributed by atoms with Gasteiger partial charge in [0, 0.05) is 23.7 Å². The largest absolute Gasteiger partial charge is 0.493 e. The minimum absolute atomic E-state index is 0.0174. The smallest absolute Gasteiger partial charge is 0.336 e. The quantitative estimate of drug-likeness (QED) is 0.738. The van der Waals surface area contributed by atoms with Crippen LogP contribution in [0.15, 0.2) is 35.3 Å². The Bertz CT molecular complexity index is 1250. The molecule has 2 aliphatic heterocycles. The Hall–Kier alpha value is -3.60. The highest BCUT2D eigenvalue weighted by atomic mass is 16.3. The first-order valence-corrected chi connectivity index (χ1v) is 9.20. The number of nitriles is 1. The number of benzene rings is 1. The number of amides is 1. The van der Waals surface area contributed by atoms with Gasteiger partial charge >= 0.3 is 5.69 Å². The van der Waals surface area contributed by atoms with Crippen molar-refractivity contribution in [1.82, 2.24) is 19.0 Å². The maximum atomic E-state index is 13.2. The van der Waals surface area contributed by atoms with Crippen molar-refractivity contribution in [2.75, 3.05) is 6.54 Å². The Morgan fingerprint density at radius 3 is 2.82 bits per heavy atom. The van der Waals surface area contributed by atoms with Crippen molar-refractivity contribution in [3.05, 3.63) is 52.3 Å². The van der Waals surface area contributed by atoms with Crippen molar-refractivity contribution in [2.45, 2.75) is 31.8 Å². The van der Waals surface area contributed by atoms with Gasteiger partial charge in [-0.05, 0) is 6.42 Å². The Morgan fingerprint density at radius 1 is 1.36 bits per heavy atom. The topological polar surface area (TPSA) is 104 Å². The number of carbonyl (C=O) groups is 1. The summed E-state index contributed by atoms with van der Waals surface area (Å²) in [5, 5.41) is 21.6. The predicted molar refractivity (Wildman–Crippen MR) is 100 cm³/mol. The molecule has 1 saturated heterocycles. The minimum atomic E-state index is -0.347. The van der Waals surface area contributed by atoms with Crippen LogP contribution in [0.25, 0.3) is 16.5 Å². The first kappa shape index (κ1) is 16.6. The molecule has 0 spiro atoms. The summed E-state index contributed by atoms with van der Waals surface area (Å²) in [5.74, 6) is -0.147. The van der Waals surface area contributed by atoms with E-state index in [0.29, 0.717) is 41.5 Å². The van der Waals surface area contributed by atoms with Crippen LogP contribution in [-0.4, -0.2) is 36.6 Å². The van der Waals surface area contributed by atoms with Crippen LogP contribution >= 0.6 is 0 Å². The average Bonchev–Trinajstić information content (AvgIpc) is 3.38. The first-order valence-electron chi connectivity index (χ1n) is 9.20. The molecule has 0 aliphatic carbocycles. The molecule has 2 bridgehead atoms. The van der Waals surface area contributed by atoms with Crippen LogP contribution in [0.1, 0.15) is 43.2 Å². The van der Waals surface area contributed by atoms with Crippen molar-refractivity contribution >= 4 is 16.7 Å². The Kier molecular flexibility index (Phi) is 3.37. The lowest BCUT2D eigenvalue weighted by molar-refractivity contribution is -0.132. The van der Waals surface area contributed by atoms with Gasteiger partial charge in [-0.1, -0.05) is 31.2 Å². The molecule has 4 heterocycles. The SMILES string of the molecule is CCC(=O)N1C[C@H]2CC1c1c(O)n(-c3cnc(C#N)c4ccccc34)c(=O)n12. The van der Waals surface area contributed by atoms with Crippen molar-refractivity contribution in [3.8, 4) is 17.6 Å². The van der Waals surface area contributed by atoms with E-state index in [1.165, 1.54) is 10.8 Å². The van der Waals surface area contributed by atoms with Crippen molar-refractivity contribution in [1.29, 1.82) is 5.26 Å². The fraction of sp³-hybridized carbons (Fsp3) is 0.300. The number of pyridine rings is 1. The van der Waals surface area contributed by atoms with E-state index >= 15 is 0 Å². The zero-order chi connectivity index (χ0) is 19.6. The van der Waals surface area contributed by atoms with Gasteiger partial charge < -0.3 is 10.0 Å². The van der Waals surface area contributed by atoms with Gasteiger partial charge in [0.05, 0.1) is 24.0 Å². The number of nitrogens with zero attached hydrogens (tertiary/aromatic N) is 5.